The summed E-state index contributed by atoms with van der Waals surface area (Å²) in [7, 11) is 0. The molecule has 1 atom stereocenters. The van der Waals surface area contributed by atoms with Crippen LogP contribution in [0.2, 0.25) is 0 Å². The van der Waals surface area contributed by atoms with Gasteiger partial charge >= 0.3 is 0 Å². The van der Waals surface area contributed by atoms with Crippen molar-refractivity contribution in [2.45, 2.75) is 47.0 Å². The van der Waals surface area contributed by atoms with Crippen LogP contribution in [0.4, 0.5) is 5.00 Å². The minimum atomic E-state index is -0.255. The molecule has 0 fully saturated rings. The lowest BCUT2D eigenvalue weighted by Gasteiger charge is -2.11. The molecule has 39 heavy (non-hydrogen) atoms. The molecule has 2 heterocycles. The molecule has 0 saturated heterocycles. The lowest BCUT2D eigenvalue weighted by atomic mass is 9.95. The Labute approximate surface area is 234 Å². The Bertz CT molecular complexity index is 1740. The maximum absolute atomic E-state index is 13.8. The van der Waals surface area contributed by atoms with Crippen molar-refractivity contribution in [3.8, 4) is 28.5 Å². The average molecular weight is 530 g/mol. The molecule has 5 rings (SSSR count). The highest BCUT2D eigenvalue weighted by Crippen LogP contribution is 2.40. The van der Waals surface area contributed by atoms with Crippen molar-refractivity contribution in [1.29, 1.82) is 5.26 Å². The Kier molecular flexibility index (Phi) is 7.32. The largest absolute Gasteiger partial charge is 0.312 e. The first-order valence-electron chi connectivity index (χ1n) is 13.2. The maximum Gasteiger partial charge on any atom is 0.257 e. The fraction of sp³-hybridized carbons (Fsp3) is 0.206. The Hall–Kier alpha value is -4.27. The highest BCUT2D eigenvalue weighted by molar-refractivity contribution is 7.17. The summed E-state index contributed by atoms with van der Waals surface area (Å²) in [5.41, 5.74) is 9.01. The number of nitriles is 1. The molecule has 0 spiro atoms. The minimum absolute atomic E-state index is 0.255. The Morgan fingerprint density at radius 2 is 1.69 bits per heavy atom. The second-order valence-corrected chi connectivity index (χ2v) is 11.3. The van der Waals surface area contributed by atoms with Crippen LogP contribution in [-0.2, 0) is 0 Å². The van der Waals surface area contributed by atoms with Gasteiger partial charge in [0.15, 0.2) is 0 Å². The molecule has 3 aromatic carbocycles. The number of hydrogen-bond donors (Lipinski definition) is 1. The van der Waals surface area contributed by atoms with Crippen LogP contribution in [0.3, 0.4) is 0 Å². The molecule has 0 aliphatic carbocycles. The number of fused-ring (bicyclic) bond motifs is 1. The van der Waals surface area contributed by atoms with Crippen LogP contribution in [0.1, 0.15) is 63.7 Å². The molecule has 5 heteroatoms. The zero-order valence-corrected chi connectivity index (χ0v) is 23.7. The Balaban J connectivity index is 1.54. The molecule has 0 saturated carbocycles. The average Bonchev–Trinajstić information content (AvgIpc) is 3.27. The van der Waals surface area contributed by atoms with E-state index in [0.29, 0.717) is 22.0 Å². The third-order valence-electron chi connectivity index (χ3n) is 7.57. The van der Waals surface area contributed by atoms with E-state index in [1.807, 2.05) is 43.3 Å². The van der Waals surface area contributed by atoms with Crippen LogP contribution in [0, 0.1) is 32.1 Å². The lowest BCUT2D eigenvalue weighted by molar-refractivity contribution is 0.102. The molecule has 194 valence electrons. The van der Waals surface area contributed by atoms with E-state index in [1.165, 1.54) is 28.0 Å². The molecule has 0 bridgehead atoms. The fourth-order valence-electron chi connectivity index (χ4n) is 4.88. The van der Waals surface area contributed by atoms with Gasteiger partial charge in [0, 0.05) is 21.4 Å². The smallest absolute Gasteiger partial charge is 0.257 e. The highest BCUT2D eigenvalue weighted by atomic mass is 32.1. The third-order valence-corrected chi connectivity index (χ3v) is 8.59. The topological polar surface area (TPSA) is 65.8 Å². The number of nitrogens with zero attached hydrogens (tertiary/aromatic N) is 2. The molecule has 0 radical (unpaired) electrons. The molecule has 1 N–H and O–H groups in total. The fourth-order valence-corrected chi connectivity index (χ4v) is 5.91. The van der Waals surface area contributed by atoms with Gasteiger partial charge in [-0.3, -0.25) is 4.79 Å². The maximum atomic E-state index is 13.8. The summed E-state index contributed by atoms with van der Waals surface area (Å²) in [6.45, 7) is 10.6. The van der Waals surface area contributed by atoms with Crippen molar-refractivity contribution in [3.63, 3.8) is 0 Å². The molecule has 0 unspecified atom stereocenters. The van der Waals surface area contributed by atoms with E-state index in [0.717, 1.165) is 44.6 Å². The van der Waals surface area contributed by atoms with Gasteiger partial charge in [-0.1, -0.05) is 68.4 Å². The summed E-state index contributed by atoms with van der Waals surface area (Å²) >= 11 is 1.44. The number of para-hydroxylation sites is 1. The normalized spacial score (nSPS) is 11.8. The van der Waals surface area contributed by atoms with Crippen LogP contribution >= 0.6 is 11.3 Å². The summed E-state index contributed by atoms with van der Waals surface area (Å²) in [4.78, 5) is 19.6. The van der Waals surface area contributed by atoms with Crippen molar-refractivity contribution in [2.24, 2.45) is 0 Å². The van der Waals surface area contributed by atoms with Crippen molar-refractivity contribution >= 4 is 33.1 Å². The van der Waals surface area contributed by atoms with Crippen molar-refractivity contribution < 1.29 is 4.79 Å². The van der Waals surface area contributed by atoms with Gasteiger partial charge in [0.2, 0.25) is 0 Å². The number of carbonyl (C=O) groups excluding carboxylic acids is 1. The molecule has 5 aromatic rings. The van der Waals surface area contributed by atoms with E-state index in [-0.39, 0.29) is 5.91 Å². The predicted octanol–water partition coefficient (Wildman–Crippen LogP) is 9.19. The van der Waals surface area contributed by atoms with Gasteiger partial charge in [-0.05, 0) is 73.6 Å². The quantitative estimate of drug-likeness (QED) is 0.238. The van der Waals surface area contributed by atoms with Gasteiger partial charge in [0.1, 0.15) is 11.1 Å². The van der Waals surface area contributed by atoms with Gasteiger partial charge in [-0.25, -0.2) is 4.98 Å². The standard InChI is InChI=1S/C34H31N3OS/c1-6-20(2)24-13-15-25(16-14-24)32-23(5)39-34(29(32)19-35)37-33(38)28-18-31(26-12-11-21(3)22(4)17-26)36-30-10-8-7-9-27(28)30/h7-18,20H,6H2,1-5H3,(H,37,38)/t20-/m0/s1. The van der Waals surface area contributed by atoms with Crippen LogP contribution < -0.4 is 5.32 Å². The Morgan fingerprint density at radius 3 is 2.38 bits per heavy atom. The SMILES string of the molecule is CC[C@H](C)c1ccc(-c2c(C)sc(NC(=O)c3cc(-c4ccc(C)c(C)c4)nc4ccccc34)c2C#N)cc1. The zero-order chi connectivity index (χ0) is 27.7. The minimum Gasteiger partial charge on any atom is -0.312 e. The van der Waals surface area contributed by atoms with E-state index in [9.17, 15) is 10.1 Å². The number of rotatable bonds is 6. The van der Waals surface area contributed by atoms with Gasteiger partial charge in [-0.15, -0.1) is 11.3 Å². The molecule has 4 nitrogen and oxygen atoms in total. The first-order valence-corrected chi connectivity index (χ1v) is 14.0. The third kappa shape index (κ3) is 5.08. The lowest BCUT2D eigenvalue weighted by Crippen LogP contribution is -2.13. The number of pyridine rings is 1. The van der Waals surface area contributed by atoms with Gasteiger partial charge in [-0.2, -0.15) is 5.26 Å². The first kappa shape index (κ1) is 26.3. The van der Waals surface area contributed by atoms with Crippen molar-refractivity contribution in [2.75, 3.05) is 5.32 Å². The summed E-state index contributed by atoms with van der Waals surface area (Å²) in [6, 6.07) is 26.5. The number of carbonyl (C=O) groups is 1. The Morgan fingerprint density at radius 1 is 0.974 bits per heavy atom. The zero-order valence-electron chi connectivity index (χ0n) is 22.9. The molecular weight excluding hydrogens is 498 g/mol. The van der Waals surface area contributed by atoms with Crippen molar-refractivity contribution in [1.82, 2.24) is 4.98 Å². The highest BCUT2D eigenvalue weighted by Gasteiger charge is 2.21. The van der Waals surface area contributed by atoms with E-state index < -0.39 is 0 Å². The van der Waals surface area contributed by atoms with E-state index in [4.69, 9.17) is 4.98 Å². The molecule has 0 aliphatic heterocycles. The van der Waals surface area contributed by atoms with E-state index in [2.05, 4.69) is 75.5 Å². The number of benzene rings is 3. The second kappa shape index (κ2) is 10.8. The number of thiophene rings is 1. The van der Waals surface area contributed by atoms with Gasteiger partial charge in [0.05, 0.1) is 22.3 Å². The number of aryl methyl sites for hydroxylation is 3. The molecule has 0 aliphatic rings. The number of anilines is 1. The number of amides is 1. The summed E-state index contributed by atoms with van der Waals surface area (Å²) in [5, 5.41) is 14.6. The summed E-state index contributed by atoms with van der Waals surface area (Å²) in [6.07, 6.45) is 1.07. The first-order chi connectivity index (χ1) is 18.8. The number of nitrogens with one attached hydrogen (secondary N) is 1. The van der Waals surface area contributed by atoms with E-state index >= 15 is 0 Å². The van der Waals surface area contributed by atoms with Gasteiger partial charge in [0.25, 0.3) is 5.91 Å². The van der Waals surface area contributed by atoms with Crippen LogP contribution in [0.15, 0.2) is 72.8 Å². The summed E-state index contributed by atoms with van der Waals surface area (Å²) < 4.78 is 0. The molecule has 2 aromatic heterocycles. The number of aromatic nitrogens is 1. The van der Waals surface area contributed by atoms with Crippen LogP contribution in [0.25, 0.3) is 33.3 Å². The predicted molar refractivity (Wildman–Crippen MR) is 163 cm³/mol. The van der Waals surface area contributed by atoms with Crippen LogP contribution in [0.5, 0.6) is 0 Å². The summed E-state index contributed by atoms with van der Waals surface area (Å²) in [5.74, 6) is 0.229. The van der Waals surface area contributed by atoms with E-state index in [1.54, 1.807) is 0 Å². The monoisotopic (exact) mass is 529 g/mol. The van der Waals surface area contributed by atoms with Crippen molar-refractivity contribution in [3.05, 3.63) is 105 Å². The number of hydrogen-bond acceptors (Lipinski definition) is 4. The molecular formula is C34H31N3OS. The van der Waals surface area contributed by atoms with Crippen LogP contribution in [-0.4, -0.2) is 10.9 Å². The second-order valence-electron chi connectivity index (χ2n) is 10.1. The molecule has 1 amide bonds. The van der Waals surface area contributed by atoms with Gasteiger partial charge < -0.3 is 5.32 Å².